The first-order valence-corrected chi connectivity index (χ1v) is 5.00. The third-order valence-corrected chi connectivity index (χ3v) is 2.02. The first-order valence-electron chi connectivity index (χ1n) is 5.00. The molecule has 5 heteroatoms. The van der Waals surface area contributed by atoms with E-state index in [9.17, 15) is 9.59 Å². The van der Waals surface area contributed by atoms with Crippen molar-refractivity contribution in [3.8, 4) is 0 Å². The molecule has 82 valence electrons. The summed E-state index contributed by atoms with van der Waals surface area (Å²) in [5, 5.41) is 2.77. The van der Waals surface area contributed by atoms with Crippen LogP contribution >= 0.6 is 0 Å². The van der Waals surface area contributed by atoms with Crippen molar-refractivity contribution in [2.75, 3.05) is 6.54 Å². The number of aldehydes is 1. The number of carbonyl (C=O) groups excluding carboxylic acids is 2. The van der Waals surface area contributed by atoms with Crippen LogP contribution in [-0.4, -0.2) is 28.3 Å². The van der Waals surface area contributed by atoms with Crippen molar-refractivity contribution in [3.63, 3.8) is 0 Å². The van der Waals surface area contributed by atoms with Crippen molar-refractivity contribution in [3.05, 3.63) is 18.2 Å². The number of imidazole rings is 1. The fourth-order valence-electron chi connectivity index (χ4n) is 1.19. The number of rotatable bonds is 6. The SMILES string of the molecule is CCCNC(=O)CCn1cncc1C=O. The maximum absolute atomic E-state index is 11.3. The van der Waals surface area contributed by atoms with Crippen molar-refractivity contribution >= 4 is 12.2 Å². The molecule has 0 unspecified atom stereocenters. The molecule has 1 heterocycles. The third-order valence-electron chi connectivity index (χ3n) is 2.02. The molecule has 1 aromatic heterocycles. The summed E-state index contributed by atoms with van der Waals surface area (Å²) in [6, 6.07) is 0. The number of nitrogens with zero attached hydrogens (tertiary/aromatic N) is 2. The van der Waals surface area contributed by atoms with Gasteiger partial charge in [-0.3, -0.25) is 9.59 Å². The molecule has 1 amide bonds. The van der Waals surface area contributed by atoms with Crippen LogP contribution in [0.25, 0.3) is 0 Å². The molecular formula is C10H15N3O2. The number of amides is 1. The second-order valence-electron chi connectivity index (χ2n) is 3.23. The van der Waals surface area contributed by atoms with E-state index in [-0.39, 0.29) is 5.91 Å². The van der Waals surface area contributed by atoms with Gasteiger partial charge in [-0.25, -0.2) is 4.98 Å². The largest absolute Gasteiger partial charge is 0.356 e. The maximum Gasteiger partial charge on any atom is 0.221 e. The van der Waals surface area contributed by atoms with Crippen molar-refractivity contribution < 1.29 is 9.59 Å². The molecule has 1 N–H and O–H groups in total. The zero-order valence-electron chi connectivity index (χ0n) is 8.77. The van der Waals surface area contributed by atoms with E-state index in [0.29, 0.717) is 25.2 Å². The van der Waals surface area contributed by atoms with Gasteiger partial charge < -0.3 is 9.88 Å². The van der Waals surface area contributed by atoms with Gasteiger partial charge in [0.25, 0.3) is 0 Å². The van der Waals surface area contributed by atoms with Gasteiger partial charge in [0.2, 0.25) is 5.91 Å². The highest BCUT2D eigenvalue weighted by Gasteiger charge is 2.03. The van der Waals surface area contributed by atoms with Gasteiger partial charge in [0.1, 0.15) is 5.69 Å². The van der Waals surface area contributed by atoms with E-state index in [1.54, 1.807) is 10.9 Å². The van der Waals surface area contributed by atoms with Crippen LogP contribution in [0.15, 0.2) is 12.5 Å². The Morgan fingerprint density at radius 3 is 3.13 bits per heavy atom. The highest BCUT2D eigenvalue weighted by Crippen LogP contribution is 1.97. The summed E-state index contributed by atoms with van der Waals surface area (Å²) in [5.41, 5.74) is 0.498. The molecule has 5 nitrogen and oxygen atoms in total. The Kier molecular flexibility index (Phi) is 4.53. The minimum absolute atomic E-state index is 0.00222. The van der Waals surface area contributed by atoms with E-state index in [1.807, 2.05) is 6.92 Å². The summed E-state index contributed by atoms with van der Waals surface area (Å²) in [7, 11) is 0. The Labute approximate surface area is 88.5 Å². The second-order valence-corrected chi connectivity index (χ2v) is 3.23. The molecule has 1 rings (SSSR count). The molecule has 0 aromatic carbocycles. The molecule has 0 saturated heterocycles. The summed E-state index contributed by atoms with van der Waals surface area (Å²) < 4.78 is 1.67. The van der Waals surface area contributed by atoms with Gasteiger partial charge in [-0.15, -0.1) is 0 Å². The molecular weight excluding hydrogens is 194 g/mol. The smallest absolute Gasteiger partial charge is 0.221 e. The molecule has 0 fully saturated rings. The Bertz CT molecular complexity index is 333. The predicted octanol–water partition coefficient (Wildman–Crippen LogP) is 0.612. The number of carbonyl (C=O) groups is 2. The standard InChI is InChI=1S/C10H15N3O2/c1-2-4-12-10(15)3-5-13-8-11-6-9(13)7-14/h6-8H,2-5H2,1H3,(H,12,15). The quantitative estimate of drug-likeness (QED) is 0.698. The van der Waals surface area contributed by atoms with E-state index in [2.05, 4.69) is 10.3 Å². The van der Waals surface area contributed by atoms with Gasteiger partial charge in [-0.2, -0.15) is 0 Å². The maximum atomic E-state index is 11.3. The van der Waals surface area contributed by atoms with E-state index in [0.717, 1.165) is 12.7 Å². The molecule has 0 radical (unpaired) electrons. The van der Waals surface area contributed by atoms with Crippen molar-refractivity contribution in [2.45, 2.75) is 26.3 Å². The van der Waals surface area contributed by atoms with Crippen LogP contribution in [0.3, 0.4) is 0 Å². The van der Waals surface area contributed by atoms with Gasteiger partial charge >= 0.3 is 0 Å². The minimum atomic E-state index is 0.00222. The lowest BCUT2D eigenvalue weighted by atomic mass is 10.3. The number of aromatic nitrogens is 2. The van der Waals surface area contributed by atoms with Gasteiger partial charge in [0.05, 0.1) is 12.5 Å². The topological polar surface area (TPSA) is 64.0 Å². The Balaban J connectivity index is 2.36. The van der Waals surface area contributed by atoms with Gasteiger partial charge in [0.15, 0.2) is 6.29 Å². The predicted molar refractivity (Wildman–Crippen MR) is 55.5 cm³/mol. The van der Waals surface area contributed by atoms with Crippen molar-refractivity contribution in [1.82, 2.24) is 14.9 Å². The molecule has 0 spiro atoms. The summed E-state index contributed by atoms with van der Waals surface area (Å²) in [4.78, 5) is 25.6. The zero-order valence-corrected chi connectivity index (χ0v) is 8.77. The van der Waals surface area contributed by atoms with Crippen molar-refractivity contribution in [2.24, 2.45) is 0 Å². The third kappa shape index (κ3) is 3.53. The highest BCUT2D eigenvalue weighted by molar-refractivity contribution is 5.76. The summed E-state index contributed by atoms with van der Waals surface area (Å²) >= 11 is 0. The summed E-state index contributed by atoms with van der Waals surface area (Å²) in [6.45, 7) is 3.19. The number of aryl methyl sites for hydroxylation is 1. The first-order chi connectivity index (χ1) is 7.27. The fourth-order valence-corrected chi connectivity index (χ4v) is 1.19. The van der Waals surface area contributed by atoms with Crippen LogP contribution in [0.1, 0.15) is 30.3 Å². The normalized spacial score (nSPS) is 9.93. The van der Waals surface area contributed by atoms with Gasteiger partial charge in [0, 0.05) is 19.5 Å². The number of nitrogens with one attached hydrogen (secondary N) is 1. The Morgan fingerprint density at radius 2 is 2.47 bits per heavy atom. The van der Waals surface area contributed by atoms with E-state index in [4.69, 9.17) is 0 Å². The van der Waals surface area contributed by atoms with E-state index < -0.39 is 0 Å². The van der Waals surface area contributed by atoms with Crippen LogP contribution in [0, 0.1) is 0 Å². The van der Waals surface area contributed by atoms with Crippen LogP contribution in [0.5, 0.6) is 0 Å². The van der Waals surface area contributed by atoms with Crippen LogP contribution < -0.4 is 5.32 Å². The Morgan fingerprint density at radius 1 is 1.67 bits per heavy atom. The highest BCUT2D eigenvalue weighted by atomic mass is 16.1. The lowest BCUT2D eigenvalue weighted by molar-refractivity contribution is -0.121. The molecule has 0 aliphatic rings. The molecule has 1 aromatic rings. The van der Waals surface area contributed by atoms with Crippen molar-refractivity contribution in [1.29, 1.82) is 0 Å². The lowest BCUT2D eigenvalue weighted by Crippen LogP contribution is -2.25. The lowest BCUT2D eigenvalue weighted by Gasteiger charge is -2.05. The van der Waals surface area contributed by atoms with Gasteiger partial charge in [-0.05, 0) is 6.42 Å². The zero-order chi connectivity index (χ0) is 11.1. The number of hydrogen-bond donors (Lipinski definition) is 1. The molecule has 15 heavy (non-hydrogen) atoms. The average Bonchev–Trinajstić information content (AvgIpc) is 2.70. The fraction of sp³-hybridized carbons (Fsp3) is 0.500. The second kappa shape index (κ2) is 5.95. The molecule has 0 saturated carbocycles. The van der Waals surface area contributed by atoms with Crippen LogP contribution in [-0.2, 0) is 11.3 Å². The van der Waals surface area contributed by atoms with Crippen LogP contribution in [0.4, 0.5) is 0 Å². The number of hydrogen-bond acceptors (Lipinski definition) is 3. The minimum Gasteiger partial charge on any atom is -0.356 e. The summed E-state index contributed by atoms with van der Waals surface area (Å²) in [5.74, 6) is 0.00222. The van der Waals surface area contributed by atoms with Crippen LogP contribution in [0.2, 0.25) is 0 Å². The average molecular weight is 209 g/mol. The summed E-state index contributed by atoms with van der Waals surface area (Å²) in [6.07, 6.45) is 5.07. The van der Waals surface area contributed by atoms with E-state index >= 15 is 0 Å². The molecule has 0 atom stereocenters. The molecule has 0 aliphatic carbocycles. The molecule has 0 aliphatic heterocycles. The molecule has 0 bridgehead atoms. The van der Waals surface area contributed by atoms with E-state index in [1.165, 1.54) is 6.20 Å². The first kappa shape index (κ1) is 11.4. The van der Waals surface area contributed by atoms with Gasteiger partial charge in [-0.1, -0.05) is 6.92 Å². The Hall–Kier alpha value is -1.65. The monoisotopic (exact) mass is 209 g/mol.